The number of rotatable bonds is 2. The van der Waals surface area contributed by atoms with E-state index in [0.717, 1.165) is 4.90 Å². The SMILES string of the molecule is CC(C)(C)OC(=O)N1CCC(CCC#N)C(F)(F)C1. The Labute approximate surface area is 112 Å². The molecule has 1 saturated heterocycles. The van der Waals surface area contributed by atoms with Gasteiger partial charge in [0.1, 0.15) is 5.60 Å². The quantitative estimate of drug-likeness (QED) is 0.777. The van der Waals surface area contributed by atoms with E-state index < -0.39 is 30.1 Å². The standard InChI is InChI=1S/C13H20F2N2O2/c1-12(2,3)19-11(18)17-8-6-10(5-4-7-16)13(14,15)9-17/h10H,4-6,8-9H2,1-3H3. The topological polar surface area (TPSA) is 53.3 Å². The molecule has 1 aliphatic heterocycles. The maximum absolute atomic E-state index is 13.9. The maximum Gasteiger partial charge on any atom is 0.410 e. The molecule has 19 heavy (non-hydrogen) atoms. The van der Waals surface area contributed by atoms with Crippen LogP contribution in [-0.4, -0.2) is 35.6 Å². The lowest BCUT2D eigenvalue weighted by Crippen LogP contribution is -2.51. The zero-order valence-electron chi connectivity index (χ0n) is 11.6. The third kappa shape index (κ3) is 4.66. The summed E-state index contributed by atoms with van der Waals surface area (Å²) in [7, 11) is 0. The van der Waals surface area contributed by atoms with Gasteiger partial charge >= 0.3 is 6.09 Å². The third-order valence-corrected chi connectivity index (χ3v) is 3.00. The van der Waals surface area contributed by atoms with E-state index in [-0.39, 0.29) is 25.8 Å². The van der Waals surface area contributed by atoms with Gasteiger partial charge in [-0.3, -0.25) is 0 Å². The van der Waals surface area contributed by atoms with Crippen molar-refractivity contribution < 1.29 is 18.3 Å². The number of likely N-dealkylation sites (tertiary alicyclic amines) is 1. The van der Waals surface area contributed by atoms with E-state index >= 15 is 0 Å². The monoisotopic (exact) mass is 274 g/mol. The van der Waals surface area contributed by atoms with E-state index in [1.807, 2.05) is 6.07 Å². The van der Waals surface area contributed by atoms with Crippen molar-refractivity contribution in [2.75, 3.05) is 13.1 Å². The first-order valence-corrected chi connectivity index (χ1v) is 6.38. The predicted molar refractivity (Wildman–Crippen MR) is 65.7 cm³/mol. The summed E-state index contributed by atoms with van der Waals surface area (Å²) >= 11 is 0. The van der Waals surface area contributed by atoms with E-state index in [9.17, 15) is 13.6 Å². The minimum Gasteiger partial charge on any atom is -0.444 e. The van der Waals surface area contributed by atoms with Gasteiger partial charge in [-0.25, -0.2) is 13.6 Å². The molecule has 1 amide bonds. The van der Waals surface area contributed by atoms with Gasteiger partial charge in [-0.1, -0.05) is 0 Å². The molecule has 0 aromatic heterocycles. The second-order valence-corrected chi connectivity index (χ2v) is 5.85. The molecule has 0 saturated carbocycles. The number of nitriles is 1. The summed E-state index contributed by atoms with van der Waals surface area (Å²) < 4.78 is 32.8. The Morgan fingerprint density at radius 2 is 2.16 bits per heavy atom. The van der Waals surface area contributed by atoms with E-state index in [4.69, 9.17) is 10.00 Å². The van der Waals surface area contributed by atoms with Crippen LogP contribution in [0.25, 0.3) is 0 Å². The molecule has 0 bridgehead atoms. The fourth-order valence-corrected chi connectivity index (χ4v) is 2.06. The molecule has 4 nitrogen and oxygen atoms in total. The first-order chi connectivity index (χ1) is 8.65. The summed E-state index contributed by atoms with van der Waals surface area (Å²) in [5.74, 6) is -3.78. The molecule has 0 radical (unpaired) electrons. The number of carbonyl (C=O) groups is 1. The molecule has 1 aliphatic rings. The van der Waals surface area contributed by atoms with Gasteiger partial charge in [0.2, 0.25) is 0 Å². The Bertz CT molecular complexity index is 372. The zero-order chi connectivity index (χ0) is 14.7. The Hall–Kier alpha value is -1.38. The van der Waals surface area contributed by atoms with Crippen LogP contribution >= 0.6 is 0 Å². The Morgan fingerprint density at radius 3 is 2.63 bits per heavy atom. The zero-order valence-corrected chi connectivity index (χ0v) is 11.6. The number of ether oxygens (including phenoxy) is 1. The van der Waals surface area contributed by atoms with Crippen LogP contribution in [0.4, 0.5) is 13.6 Å². The highest BCUT2D eigenvalue weighted by molar-refractivity contribution is 5.68. The fraction of sp³-hybridized carbons (Fsp3) is 0.846. The summed E-state index contributed by atoms with van der Waals surface area (Å²) in [5, 5.41) is 8.46. The summed E-state index contributed by atoms with van der Waals surface area (Å²) in [6, 6.07) is 1.88. The van der Waals surface area contributed by atoms with Crippen molar-refractivity contribution in [3.8, 4) is 6.07 Å². The number of nitrogens with zero attached hydrogens (tertiary/aromatic N) is 2. The summed E-state index contributed by atoms with van der Waals surface area (Å²) in [4.78, 5) is 12.8. The fourth-order valence-electron chi connectivity index (χ4n) is 2.06. The average Bonchev–Trinajstić information content (AvgIpc) is 2.24. The molecule has 1 rings (SSSR count). The van der Waals surface area contributed by atoms with Crippen molar-refractivity contribution in [3.05, 3.63) is 0 Å². The smallest absolute Gasteiger partial charge is 0.410 e. The summed E-state index contributed by atoms with van der Waals surface area (Å²) in [6.07, 6.45) is -0.211. The highest BCUT2D eigenvalue weighted by atomic mass is 19.3. The van der Waals surface area contributed by atoms with Crippen molar-refractivity contribution in [1.82, 2.24) is 4.90 Å². The van der Waals surface area contributed by atoms with E-state index in [0.29, 0.717) is 0 Å². The Kier molecular flexibility index (Phi) is 4.72. The molecule has 108 valence electrons. The first-order valence-electron chi connectivity index (χ1n) is 6.38. The van der Waals surface area contributed by atoms with Crippen molar-refractivity contribution in [3.63, 3.8) is 0 Å². The van der Waals surface area contributed by atoms with Gasteiger partial charge in [-0.05, 0) is 33.6 Å². The minimum atomic E-state index is -2.95. The van der Waals surface area contributed by atoms with Crippen molar-refractivity contribution >= 4 is 6.09 Å². The number of hydrogen-bond acceptors (Lipinski definition) is 3. The highest BCUT2D eigenvalue weighted by Crippen LogP contribution is 2.36. The maximum atomic E-state index is 13.9. The van der Waals surface area contributed by atoms with Crippen LogP contribution in [-0.2, 0) is 4.74 Å². The number of piperidine rings is 1. The Balaban J connectivity index is 2.60. The molecule has 1 fully saturated rings. The van der Waals surface area contributed by atoms with Gasteiger partial charge < -0.3 is 9.64 Å². The van der Waals surface area contributed by atoms with Gasteiger partial charge in [-0.15, -0.1) is 0 Å². The van der Waals surface area contributed by atoms with Crippen LogP contribution in [0.5, 0.6) is 0 Å². The highest BCUT2D eigenvalue weighted by Gasteiger charge is 2.46. The first kappa shape index (κ1) is 15.7. The molecule has 6 heteroatoms. The summed E-state index contributed by atoms with van der Waals surface area (Å²) in [5.41, 5.74) is -0.690. The largest absolute Gasteiger partial charge is 0.444 e. The lowest BCUT2D eigenvalue weighted by molar-refractivity contribution is -0.112. The van der Waals surface area contributed by atoms with Gasteiger partial charge in [0.05, 0.1) is 12.6 Å². The molecule has 0 aliphatic carbocycles. The normalized spacial score (nSPS) is 22.7. The third-order valence-electron chi connectivity index (χ3n) is 3.00. The molecule has 0 aromatic rings. The van der Waals surface area contributed by atoms with E-state index in [1.165, 1.54) is 0 Å². The minimum absolute atomic E-state index is 0.118. The predicted octanol–water partition coefficient (Wildman–Crippen LogP) is 3.18. The van der Waals surface area contributed by atoms with Crippen LogP contribution in [0.15, 0.2) is 0 Å². The summed E-state index contributed by atoms with van der Waals surface area (Å²) in [6.45, 7) is 4.72. The van der Waals surface area contributed by atoms with Crippen LogP contribution in [0.3, 0.4) is 0 Å². The number of amides is 1. The second kappa shape index (κ2) is 5.72. The van der Waals surface area contributed by atoms with Crippen molar-refractivity contribution in [1.29, 1.82) is 5.26 Å². The van der Waals surface area contributed by atoms with Crippen LogP contribution < -0.4 is 0 Å². The second-order valence-electron chi connectivity index (χ2n) is 5.85. The van der Waals surface area contributed by atoms with Crippen LogP contribution in [0.2, 0.25) is 0 Å². The van der Waals surface area contributed by atoms with Gasteiger partial charge in [-0.2, -0.15) is 5.26 Å². The molecule has 0 aromatic carbocycles. The average molecular weight is 274 g/mol. The van der Waals surface area contributed by atoms with Crippen molar-refractivity contribution in [2.45, 2.75) is 51.6 Å². The van der Waals surface area contributed by atoms with Crippen LogP contribution in [0, 0.1) is 17.2 Å². The number of hydrogen-bond donors (Lipinski definition) is 0. The molecule has 1 unspecified atom stereocenters. The molecule has 0 N–H and O–H groups in total. The Morgan fingerprint density at radius 1 is 1.53 bits per heavy atom. The number of halogens is 2. The molecule has 1 atom stereocenters. The lowest BCUT2D eigenvalue weighted by atomic mass is 9.89. The van der Waals surface area contributed by atoms with E-state index in [1.54, 1.807) is 20.8 Å². The molecule has 0 spiro atoms. The van der Waals surface area contributed by atoms with E-state index in [2.05, 4.69) is 0 Å². The molecule has 1 heterocycles. The van der Waals surface area contributed by atoms with Gasteiger partial charge in [0.15, 0.2) is 0 Å². The van der Waals surface area contributed by atoms with Gasteiger partial charge in [0, 0.05) is 18.9 Å². The van der Waals surface area contributed by atoms with Crippen molar-refractivity contribution in [2.24, 2.45) is 5.92 Å². The molecular weight excluding hydrogens is 254 g/mol. The van der Waals surface area contributed by atoms with Gasteiger partial charge in [0.25, 0.3) is 5.92 Å². The number of alkyl halides is 2. The number of carbonyl (C=O) groups excluding carboxylic acids is 1. The van der Waals surface area contributed by atoms with Crippen LogP contribution in [0.1, 0.15) is 40.0 Å². The lowest BCUT2D eigenvalue weighted by Gasteiger charge is -2.38. The molecular formula is C13H20F2N2O2.